The van der Waals surface area contributed by atoms with E-state index in [-0.39, 0.29) is 19.4 Å². The first-order valence-corrected chi connectivity index (χ1v) is 6.68. The van der Waals surface area contributed by atoms with Crippen LogP contribution in [-0.4, -0.2) is 37.9 Å². The highest BCUT2D eigenvalue weighted by molar-refractivity contribution is 7.94. The van der Waals surface area contributed by atoms with Crippen LogP contribution in [-0.2, 0) is 29.1 Å². The van der Waals surface area contributed by atoms with Crippen molar-refractivity contribution in [2.45, 2.75) is 19.3 Å². The fourth-order valence-corrected chi connectivity index (χ4v) is 1.68. The quantitative estimate of drug-likeness (QED) is 0.690. The minimum absolute atomic E-state index is 0.234. The Labute approximate surface area is 98.8 Å². The molecule has 96 valence electrons. The fourth-order valence-electron chi connectivity index (χ4n) is 1.06. The van der Waals surface area contributed by atoms with E-state index in [1.165, 1.54) is 0 Å². The van der Waals surface area contributed by atoms with Crippen LogP contribution in [0, 0.1) is 0 Å². The molecule has 0 N–H and O–H groups in total. The summed E-state index contributed by atoms with van der Waals surface area (Å²) >= 11 is 0. The maximum Gasteiger partial charge on any atom is 0.336 e. The molecular formula is C9H13NO6S. The third kappa shape index (κ3) is 4.53. The number of carbonyl (C=O) groups is 2. The monoisotopic (exact) mass is 263 g/mol. The van der Waals surface area contributed by atoms with Crippen molar-refractivity contribution in [3.8, 4) is 0 Å². The molecular weight excluding hydrogens is 250 g/mol. The van der Waals surface area contributed by atoms with Gasteiger partial charge in [0, 0.05) is 11.8 Å². The molecule has 0 atom stereocenters. The number of hydroxylamine groups is 2. The summed E-state index contributed by atoms with van der Waals surface area (Å²) in [5, 5.41) is 1.27. The molecule has 1 aliphatic heterocycles. The maximum atomic E-state index is 11.2. The van der Waals surface area contributed by atoms with Gasteiger partial charge in [0.05, 0.1) is 18.8 Å². The Morgan fingerprint density at radius 3 is 2.88 bits per heavy atom. The van der Waals surface area contributed by atoms with Gasteiger partial charge in [-0.3, -0.25) is 4.79 Å². The van der Waals surface area contributed by atoms with E-state index in [0.717, 1.165) is 5.41 Å². The van der Waals surface area contributed by atoms with Gasteiger partial charge in [-0.15, -0.1) is 0 Å². The minimum Gasteiger partial charge on any atom is -0.312 e. The zero-order valence-electron chi connectivity index (χ0n) is 9.12. The lowest BCUT2D eigenvalue weighted by molar-refractivity contribution is -0.331. The van der Waals surface area contributed by atoms with Crippen molar-refractivity contribution < 1.29 is 27.7 Å². The largest absolute Gasteiger partial charge is 0.336 e. The van der Waals surface area contributed by atoms with Gasteiger partial charge in [-0.05, 0) is 11.6 Å². The summed E-state index contributed by atoms with van der Waals surface area (Å²) < 4.78 is 22.0. The van der Waals surface area contributed by atoms with Gasteiger partial charge >= 0.3 is 5.97 Å². The summed E-state index contributed by atoms with van der Waals surface area (Å²) in [5.74, 6) is -1.71. The van der Waals surface area contributed by atoms with E-state index in [1.54, 1.807) is 0 Å². The van der Waals surface area contributed by atoms with Crippen LogP contribution in [0.15, 0.2) is 12.0 Å². The van der Waals surface area contributed by atoms with Gasteiger partial charge in [-0.2, -0.15) is 0 Å². The molecule has 1 amide bonds. The first kappa shape index (κ1) is 13.7. The van der Waals surface area contributed by atoms with Gasteiger partial charge in [0.2, 0.25) is 0 Å². The maximum absolute atomic E-state index is 11.2. The van der Waals surface area contributed by atoms with E-state index >= 15 is 0 Å². The van der Waals surface area contributed by atoms with Gasteiger partial charge in [0.1, 0.15) is 0 Å². The highest BCUT2D eigenvalue weighted by atomic mass is 32.2. The Morgan fingerprint density at radius 1 is 1.59 bits per heavy atom. The van der Waals surface area contributed by atoms with Gasteiger partial charge < -0.3 is 4.84 Å². The summed E-state index contributed by atoms with van der Waals surface area (Å²) in [5.41, 5.74) is 0. The molecule has 1 fully saturated rings. The second-order valence-corrected chi connectivity index (χ2v) is 5.40. The van der Waals surface area contributed by atoms with Crippen LogP contribution in [0.25, 0.3) is 0 Å². The summed E-state index contributed by atoms with van der Waals surface area (Å²) in [6.07, 6.45) is 0.442. The minimum atomic E-state index is -3.45. The molecule has 17 heavy (non-hydrogen) atoms. The van der Waals surface area contributed by atoms with Crippen molar-refractivity contribution in [1.82, 2.24) is 5.23 Å². The van der Waals surface area contributed by atoms with Crippen LogP contribution in [0.5, 0.6) is 0 Å². The average Bonchev–Trinajstić information content (AvgIpc) is 2.30. The molecule has 0 unspecified atom stereocenters. The predicted molar refractivity (Wildman–Crippen MR) is 56.7 cm³/mol. The number of nitrogens with zero attached hydrogens (tertiary/aromatic N) is 1. The molecule has 0 aromatic heterocycles. The van der Waals surface area contributed by atoms with Crippen molar-refractivity contribution in [3.63, 3.8) is 0 Å². The van der Waals surface area contributed by atoms with E-state index in [4.69, 9.17) is 4.84 Å². The van der Waals surface area contributed by atoms with Gasteiger partial charge in [-0.25, -0.2) is 18.0 Å². The summed E-state index contributed by atoms with van der Waals surface area (Å²) in [4.78, 5) is 31.8. The number of hydrogen-bond acceptors (Lipinski definition) is 6. The molecule has 7 nitrogen and oxygen atoms in total. The smallest absolute Gasteiger partial charge is 0.312 e. The Hall–Kier alpha value is -1.41. The van der Waals surface area contributed by atoms with Crippen molar-refractivity contribution in [3.05, 3.63) is 12.0 Å². The number of hydrogen-bond donors (Lipinski definition) is 0. The molecule has 1 rings (SSSR count). The zero-order valence-corrected chi connectivity index (χ0v) is 9.94. The van der Waals surface area contributed by atoms with Crippen LogP contribution in [0.1, 0.15) is 19.3 Å². The zero-order chi connectivity index (χ0) is 12.9. The average molecular weight is 263 g/mol. The third-order valence-electron chi connectivity index (χ3n) is 1.98. The van der Waals surface area contributed by atoms with Crippen LogP contribution in [0.2, 0.25) is 0 Å². The predicted octanol–water partition coefficient (Wildman–Crippen LogP) is -0.0530. The van der Waals surface area contributed by atoms with E-state index < -0.39 is 27.5 Å². The molecule has 0 aromatic rings. The normalized spacial score (nSPS) is 16.7. The van der Waals surface area contributed by atoms with Crippen molar-refractivity contribution in [1.29, 1.82) is 0 Å². The molecule has 8 heteroatoms. The number of sulfone groups is 1. The lowest BCUT2D eigenvalue weighted by Gasteiger charge is -2.23. The van der Waals surface area contributed by atoms with Gasteiger partial charge in [-0.1, -0.05) is 6.58 Å². The molecule has 1 saturated heterocycles. The Morgan fingerprint density at radius 2 is 2.29 bits per heavy atom. The van der Waals surface area contributed by atoms with Crippen LogP contribution < -0.4 is 0 Å². The highest BCUT2D eigenvalue weighted by Gasteiger charge is 2.24. The molecule has 1 aliphatic rings. The van der Waals surface area contributed by atoms with Gasteiger partial charge in [0.25, 0.3) is 5.91 Å². The molecule has 0 bridgehead atoms. The lowest BCUT2D eigenvalue weighted by atomic mass is 10.3. The lowest BCUT2D eigenvalue weighted by Crippen LogP contribution is -2.37. The molecule has 0 spiro atoms. The van der Waals surface area contributed by atoms with Crippen molar-refractivity contribution >= 4 is 21.7 Å². The van der Waals surface area contributed by atoms with E-state index in [1.807, 2.05) is 0 Å². The molecule has 0 radical (unpaired) electrons. The van der Waals surface area contributed by atoms with E-state index in [0.29, 0.717) is 11.6 Å². The second-order valence-electron chi connectivity index (χ2n) is 3.33. The Kier molecular flexibility index (Phi) is 4.64. The van der Waals surface area contributed by atoms with Crippen molar-refractivity contribution in [2.24, 2.45) is 0 Å². The Bertz CT molecular complexity index is 415. The Balaban J connectivity index is 2.39. The van der Waals surface area contributed by atoms with Crippen LogP contribution in [0.3, 0.4) is 0 Å². The standard InChI is InChI=1S/C9H13NO6S/c1-2-17(13,14)7-5-9(12)16-10-8(11)4-3-6-15-10/h2H,1,3-7H2. The topological polar surface area (TPSA) is 90.0 Å². The highest BCUT2D eigenvalue weighted by Crippen LogP contribution is 2.09. The van der Waals surface area contributed by atoms with Crippen LogP contribution in [0.4, 0.5) is 0 Å². The van der Waals surface area contributed by atoms with Crippen molar-refractivity contribution in [2.75, 3.05) is 12.4 Å². The number of carbonyl (C=O) groups excluding carboxylic acids is 2. The summed E-state index contributed by atoms with van der Waals surface area (Å²) in [6, 6.07) is 0. The second kappa shape index (κ2) is 5.78. The molecule has 0 saturated carbocycles. The van der Waals surface area contributed by atoms with Crippen LogP contribution >= 0.6 is 0 Å². The molecule has 0 aromatic carbocycles. The first-order chi connectivity index (χ1) is 7.94. The van der Waals surface area contributed by atoms with E-state index in [2.05, 4.69) is 11.4 Å². The van der Waals surface area contributed by atoms with E-state index in [9.17, 15) is 18.0 Å². The SMILES string of the molecule is C=CS(=O)(=O)CCC(=O)ON1OCCCC1=O. The third-order valence-corrected chi connectivity index (χ3v) is 3.26. The molecule has 0 aliphatic carbocycles. The van der Waals surface area contributed by atoms with Gasteiger partial charge in [0.15, 0.2) is 9.84 Å². The summed E-state index contributed by atoms with van der Waals surface area (Å²) in [7, 11) is -3.45. The molecule has 1 heterocycles. The summed E-state index contributed by atoms with van der Waals surface area (Å²) in [6.45, 7) is 3.39. The first-order valence-electron chi connectivity index (χ1n) is 4.96. The number of rotatable bonds is 5. The number of amides is 1. The fraction of sp³-hybridized carbons (Fsp3) is 0.556.